The molecule has 0 radical (unpaired) electrons. The minimum Gasteiger partial charge on any atom is -0.481 e. The fourth-order valence-corrected chi connectivity index (χ4v) is 5.14. The average Bonchev–Trinajstić information content (AvgIpc) is 3.15. The Morgan fingerprint density at radius 1 is 1.00 bits per heavy atom. The molecule has 0 bridgehead atoms. The molecule has 3 N–H and O–H groups in total. The van der Waals surface area contributed by atoms with Gasteiger partial charge in [-0.3, -0.25) is 9.59 Å². The standard InChI is InChI=1S/C27H32N2O5/c1-16(2)24(25(30)28-18-9-7-8-17(14-18)26(31)32)29-27(33)34-15-23-21-12-5-3-10-19(21)20-11-4-6-13-22(20)23/h3-6,10-13,16-18,23-24H,7-9,14-15H2,1-2H3,(H,28,30)(H,29,33)(H,31,32)/t17-,18+,24-/m1/s1. The third-order valence-electron chi connectivity index (χ3n) is 6.94. The molecule has 2 aromatic carbocycles. The summed E-state index contributed by atoms with van der Waals surface area (Å²) in [5, 5.41) is 15.0. The van der Waals surface area contributed by atoms with Crippen molar-refractivity contribution in [2.45, 2.75) is 57.5 Å². The van der Waals surface area contributed by atoms with Crippen molar-refractivity contribution in [2.24, 2.45) is 11.8 Å². The second-order valence-corrected chi connectivity index (χ2v) is 9.60. The summed E-state index contributed by atoms with van der Waals surface area (Å²) < 4.78 is 5.60. The highest BCUT2D eigenvalue weighted by Crippen LogP contribution is 2.44. The molecule has 7 nitrogen and oxygen atoms in total. The lowest BCUT2D eigenvalue weighted by atomic mass is 9.85. The maximum Gasteiger partial charge on any atom is 0.407 e. The molecule has 2 amide bonds. The number of hydrogen-bond donors (Lipinski definition) is 3. The Hall–Kier alpha value is -3.35. The monoisotopic (exact) mass is 464 g/mol. The summed E-state index contributed by atoms with van der Waals surface area (Å²) in [6.07, 6.45) is 1.91. The first-order chi connectivity index (χ1) is 16.3. The normalized spacial score (nSPS) is 20.2. The SMILES string of the molecule is CC(C)[C@@H](NC(=O)OCC1c2ccccc2-c2ccccc21)C(=O)N[C@H]1CCC[C@@H](C(=O)O)C1. The van der Waals surface area contributed by atoms with Crippen LogP contribution >= 0.6 is 0 Å². The fraction of sp³-hybridized carbons (Fsp3) is 0.444. The number of nitrogens with one attached hydrogen (secondary N) is 2. The third kappa shape index (κ3) is 5.08. The third-order valence-corrected chi connectivity index (χ3v) is 6.94. The number of carboxylic acids is 1. The van der Waals surface area contributed by atoms with Crippen molar-refractivity contribution >= 4 is 18.0 Å². The van der Waals surface area contributed by atoms with Crippen LogP contribution in [0.1, 0.15) is 56.6 Å². The molecule has 2 aliphatic rings. The summed E-state index contributed by atoms with van der Waals surface area (Å²) >= 11 is 0. The van der Waals surface area contributed by atoms with E-state index in [-0.39, 0.29) is 30.4 Å². The number of aliphatic carboxylic acids is 1. The van der Waals surface area contributed by atoms with Crippen LogP contribution in [0.2, 0.25) is 0 Å². The number of benzene rings is 2. The lowest BCUT2D eigenvalue weighted by molar-refractivity contribution is -0.143. The van der Waals surface area contributed by atoms with Gasteiger partial charge in [0.2, 0.25) is 5.91 Å². The molecular weight excluding hydrogens is 432 g/mol. The van der Waals surface area contributed by atoms with E-state index < -0.39 is 24.0 Å². The molecule has 0 heterocycles. The lowest BCUT2D eigenvalue weighted by Gasteiger charge is -2.30. The summed E-state index contributed by atoms with van der Waals surface area (Å²) in [5.74, 6) is -1.78. The van der Waals surface area contributed by atoms with Crippen molar-refractivity contribution in [1.82, 2.24) is 10.6 Å². The van der Waals surface area contributed by atoms with E-state index in [1.807, 2.05) is 38.1 Å². The van der Waals surface area contributed by atoms with Gasteiger partial charge in [0.05, 0.1) is 5.92 Å². The van der Waals surface area contributed by atoms with Crippen molar-refractivity contribution in [3.63, 3.8) is 0 Å². The van der Waals surface area contributed by atoms with E-state index in [4.69, 9.17) is 4.74 Å². The molecule has 7 heteroatoms. The van der Waals surface area contributed by atoms with Crippen molar-refractivity contribution in [1.29, 1.82) is 0 Å². The van der Waals surface area contributed by atoms with E-state index in [0.29, 0.717) is 12.8 Å². The van der Waals surface area contributed by atoms with Crippen molar-refractivity contribution in [2.75, 3.05) is 6.61 Å². The number of carbonyl (C=O) groups excluding carboxylic acids is 2. The minimum absolute atomic E-state index is 0.0559. The molecule has 2 aliphatic carbocycles. The van der Waals surface area contributed by atoms with Gasteiger partial charge in [0.1, 0.15) is 12.6 Å². The van der Waals surface area contributed by atoms with Crippen LogP contribution in [0.25, 0.3) is 11.1 Å². The zero-order chi connectivity index (χ0) is 24.2. The first-order valence-electron chi connectivity index (χ1n) is 12.0. The van der Waals surface area contributed by atoms with Gasteiger partial charge in [0.15, 0.2) is 0 Å². The van der Waals surface area contributed by atoms with Crippen LogP contribution in [0, 0.1) is 11.8 Å². The van der Waals surface area contributed by atoms with Crippen LogP contribution in [0.3, 0.4) is 0 Å². The van der Waals surface area contributed by atoms with Crippen molar-refractivity contribution < 1.29 is 24.2 Å². The predicted molar refractivity (Wildman–Crippen MR) is 128 cm³/mol. The van der Waals surface area contributed by atoms with Crippen molar-refractivity contribution in [3.05, 3.63) is 59.7 Å². The van der Waals surface area contributed by atoms with Crippen LogP contribution in [0.15, 0.2) is 48.5 Å². The van der Waals surface area contributed by atoms with Gasteiger partial charge in [-0.15, -0.1) is 0 Å². The summed E-state index contributed by atoms with van der Waals surface area (Å²) in [4.78, 5) is 36.9. The Kier molecular flexibility index (Phi) is 7.20. The van der Waals surface area contributed by atoms with Crippen LogP contribution in [-0.4, -0.2) is 41.8 Å². The molecule has 4 rings (SSSR count). The van der Waals surface area contributed by atoms with Crippen LogP contribution < -0.4 is 10.6 Å². The molecule has 3 atom stereocenters. The Morgan fingerprint density at radius 2 is 1.62 bits per heavy atom. The van der Waals surface area contributed by atoms with E-state index >= 15 is 0 Å². The van der Waals surface area contributed by atoms with E-state index in [0.717, 1.165) is 35.1 Å². The number of hydrogen-bond acceptors (Lipinski definition) is 4. The van der Waals surface area contributed by atoms with Gasteiger partial charge in [-0.25, -0.2) is 4.79 Å². The van der Waals surface area contributed by atoms with Crippen LogP contribution in [0.4, 0.5) is 4.79 Å². The summed E-state index contributed by atoms with van der Waals surface area (Å²) in [6, 6.07) is 15.3. The highest BCUT2D eigenvalue weighted by molar-refractivity contribution is 5.86. The molecule has 0 saturated heterocycles. The van der Waals surface area contributed by atoms with E-state index in [1.54, 1.807) is 0 Å². The van der Waals surface area contributed by atoms with Crippen LogP contribution in [-0.2, 0) is 14.3 Å². The predicted octanol–water partition coefficient (Wildman–Crippen LogP) is 4.31. The van der Waals surface area contributed by atoms with Gasteiger partial charge in [-0.1, -0.05) is 68.8 Å². The zero-order valence-corrected chi connectivity index (χ0v) is 19.6. The Bertz CT molecular complexity index is 1020. The summed E-state index contributed by atoms with van der Waals surface area (Å²) in [6.45, 7) is 3.89. The number of carbonyl (C=O) groups is 3. The molecule has 0 aromatic heterocycles. The van der Waals surface area contributed by atoms with Gasteiger partial charge in [0, 0.05) is 12.0 Å². The Labute approximate surface area is 199 Å². The molecule has 0 aliphatic heterocycles. The van der Waals surface area contributed by atoms with E-state index in [1.165, 1.54) is 0 Å². The van der Waals surface area contributed by atoms with E-state index in [2.05, 4.69) is 34.9 Å². The van der Waals surface area contributed by atoms with E-state index in [9.17, 15) is 19.5 Å². The first kappa shape index (κ1) is 23.8. The first-order valence-corrected chi connectivity index (χ1v) is 12.0. The quantitative estimate of drug-likeness (QED) is 0.566. The maximum atomic E-state index is 12.9. The minimum atomic E-state index is -0.823. The van der Waals surface area contributed by atoms with Gasteiger partial charge in [-0.2, -0.15) is 0 Å². The fourth-order valence-electron chi connectivity index (χ4n) is 5.14. The van der Waals surface area contributed by atoms with Gasteiger partial charge in [-0.05, 0) is 47.4 Å². The lowest BCUT2D eigenvalue weighted by Crippen LogP contribution is -2.53. The smallest absolute Gasteiger partial charge is 0.407 e. The largest absolute Gasteiger partial charge is 0.481 e. The topological polar surface area (TPSA) is 105 Å². The number of alkyl carbamates (subject to hydrolysis) is 1. The number of ether oxygens (including phenoxy) is 1. The maximum absolute atomic E-state index is 12.9. The Balaban J connectivity index is 1.36. The van der Waals surface area contributed by atoms with Gasteiger partial charge in [0.25, 0.3) is 0 Å². The average molecular weight is 465 g/mol. The molecule has 180 valence electrons. The van der Waals surface area contributed by atoms with Gasteiger partial charge >= 0.3 is 12.1 Å². The molecule has 1 fully saturated rings. The number of amides is 2. The van der Waals surface area contributed by atoms with Crippen LogP contribution in [0.5, 0.6) is 0 Å². The van der Waals surface area contributed by atoms with Crippen molar-refractivity contribution in [3.8, 4) is 11.1 Å². The second kappa shape index (κ2) is 10.3. The summed E-state index contributed by atoms with van der Waals surface area (Å²) in [7, 11) is 0. The van der Waals surface area contributed by atoms with Gasteiger partial charge < -0.3 is 20.5 Å². The molecule has 34 heavy (non-hydrogen) atoms. The zero-order valence-electron chi connectivity index (χ0n) is 19.6. The Morgan fingerprint density at radius 3 is 2.21 bits per heavy atom. The highest BCUT2D eigenvalue weighted by Gasteiger charge is 2.32. The molecular formula is C27H32N2O5. The molecule has 0 spiro atoms. The molecule has 1 saturated carbocycles. The summed E-state index contributed by atoms with van der Waals surface area (Å²) in [5.41, 5.74) is 4.55. The highest BCUT2D eigenvalue weighted by atomic mass is 16.5. The second-order valence-electron chi connectivity index (χ2n) is 9.60. The molecule has 2 aromatic rings. The number of rotatable bonds is 7. The number of carboxylic acid groups (broad SMARTS) is 1. The number of fused-ring (bicyclic) bond motifs is 3. The molecule has 0 unspecified atom stereocenters.